The van der Waals surface area contributed by atoms with E-state index < -0.39 is 25.3 Å². The molecule has 4 rings (SSSR count). The van der Waals surface area contributed by atoms with Crippen molar-refractivity contribution in [3.05, 3.63) is 84.0 Å². The number of ether oxygens (including phenoxy) is 1. The molecule has 0 saturated heterocycles. The Labute approximate surface area is 269 Å². The molecule has 0 aliphatic rings. The van der Waals surface area contributed by atoms with Gasteiger partial charge < -0.3 is 15.3 Å². The number of carbonyl (C=O) groups excluding carboxylic acids is 1. The van der Waals surface area contributed by atoms with Gasteiger partial charge in [0.05, 0.1) is 18.0 Å². The van der Waals surface area contributed by atoms with E-state index in [9.17, 15) is 9.59 Å². The van der Waals surface area contributed by atoms with Gasteiger partial charge in [0, 0.05) is 0 Å². The predicted octanol–water partition coefficient (Wildman–Crippen LogP) is 2.89. The Bertz CT molecular complexity index is 1410. The first-order chi connectivity index (χ1) is 17.8. The van der Waals surface area contributed by atoms with Crippen LogP contribution < -0.4 is 18.9 Å². The molecule has 0 aliphatic heterocycles. The van der Waals surface area contributed by atoms with Crippen LogP contribution in [0.5, 0.6) is 0 Å². The van der Waals surface area contributed by atoms with Crippen LogP contribution in [0, 0.1) is 0 Å². The largest absolute Gasteiger partial charge is 1.00 e. The molecule has 0 bridgehead atoms. The third-order valence-electron chi connectivity index (χ3n) is 4.37. The number of hydrogen-bond donors (Lipinski definition) is 1. The molecule has 0 aliphatic carbocycles. The number of rotatable bonds is 5. The molecule has 2 aromatic heterocycles. The first kappa shape index (κ1) is 36.0. The molecule has 4 aromatic rings. The fraction of sp³-hybridized carbons (Fsp3) is 0.182. The summed E-state index contributed by atoms with van der Waals surface area (Å²) >= 11 is 34.8. The molecule has 2 N–H and O–H groups in total. The van der Waals surface area contributed by atoms with E-state index in [1.807, 2.05) is 6.07 Å². The minimum absolute atomic E-state index is 0. The van der Waals surface area contributed by atoms with Crippen molar-refractivity contribution in [1.82, 2.24) is 29.5 Å². The molecular formula is C22H17Cl6LiN6O5. The summed E-state index contributed by atoms with van der Waals surface area (Å²) in [5.74, 6) is -2.59. The van der Waals surface area contributed by atoms with E-state index in [2.05, 4.69) is 20.2 Å². The minimum Gasteiger partial charge on any atom is -0.870 e. The van der Waals surface area contributed by atoms with Crippen LogP contribution in [0.3, 0.4) is 0 Å². The van der Waals surface area contributed by atoms with Crippen molar-refractivity contribution >= 4 is 81.5 Å². The van der Waals surface area contributed by atoms with Gasteiger partial charge in [0.1, 0.15) is 0 Å². The van der Waals surface area contributed by atoms with Crippen molar-refractivity contribution in [3.63, 3.8) is 0 Å². The van der Waals surface area contributed by atoms with E-state index in [0.29, 0.717) is 11.4 Å². The molecule has 2 aromatic carbocycles. The summed E-state index contributed by atoms with van der Waals surface area (Å²) in [6.45, 7) is 1.89. The first-order valence-electron chi connectivity index (χ1n) is 10.4. The Hall–Kier alpha value is -2.04. The van der Waals surface area contributed by atoms with Crippen LogP contribution in [0.4, 0.5) is 0 Å². The van der Waals surface area contributed by atoms with E-state index in [1.54, 1.807) is 61.5 Å². The summed E-state index contributed by atoms with van der Waals surface area (Å²) in [5, 5.41) is 16.7. The first-order valence-corrected chi connectivity index (χ1v) is 12.7. The normalized spacial score (nSPS) is 10.9. The number of hydrogen-bond acceptors (Lipinski definition) is 8. The van der Waals surface area contributed by atoms with Gasteiger partial charge in [-0.25, -0.2) is 28.9 Å². The SMILES string of the molecule is CCOC(=O)c1nc(C(Cl)(Cl)Cl)n(-c2ccccc2)n1.O=C(O)c1nc(C(Cl)(Cl)Cl)n(-c2ccccc2)n1.[Li+].[OH-]. The van der Waals surface area contributed by atoms with E-state index in [-0.39, 0.29) is 48.4 Å². The van der Waals surface area contributed by atoms with Crippen LogP contribution in [0.15, 0.2) is 60.7 Å². The molecule has 0 amide bonds. The van der Waals surface area contributed by atoms with Gasteiger partial charge in [-0.15, -0.1) is 10.2 Å². The van der Waals surface area contributed by atoms with E-state index in [4.69, 9.17) is 79.4 Å². The standard InChI is InChI=1S/C12H10Cl3N3O2.C10H6Cl3N3O2.Li.H2O/c1-2-20-10(19)9-16-11(12(13,14)15)18(17-9)8-6-4-3-5-7-8;11-10(12,13)9-14-7(8(17)18)15-16(9)6-4-2-1-3-5-6;;/h3-7H,2H2,1H3;1-5H,(H,17,18);;1H2/q;;+1;/p-1. The van der Waals surface area contributed by atoms with Crippen LogP contribution >= 0.6 is 69.6 Å². The molecule has 40 heavy (non-hydrogen) atoms. The third-order valence-corrected chi connectivity index (χ3v) is 5.39. The summed E-state index contributed by atoms with van der Waals surface area (Å²) < 4.78 is 3.66. The summed E-state index contributed by atoms with van der Waals surface area (Å²) in [4.78, 5) is 30.2. The van der Waals surface area contributed by atoms with Gasteiger partial charge in [-0.1, -0.05) is 106 Å². The summed E-state index contributed by atoms with van der Waals surface area (Å²) in [7, 11) is 0. The monoisotopic (exact) mass is 662 g/mol. The van der Waals surface area contributed by atoms with Crippen molar-refractivity contribution in [2.24, 2.45) is 0 Å². The fourth-order valence-electron chi connectivity index (χ4n) is 2.86. The number of carboxylic acid groups (broad SMARTS) is 1. The number of para-hydroxylation sites is 2. The Morgan fingerprint density at radius 1 is 0.775 bits per heavy atom. The molecule has 0 unspecified atom stereocenters. The number of halogens is 6. The second-order valence-electron chi connectivity index (χ2n) is 7.03. The molecule has 11 nitrogen and oxygen atoms in total. The van der Waals surface area contributed by atoms with E-state index >= 15 is 0 Å². The number of esters is 1. The zero-order chi connectivity index (χ0) is 28.1. The Balaban J connectivity index is 0.000000383. The second kappa shape index (κ2) is 15.3. The number of carboxylic acids is 1. The summed E-state index contributed by atoms with van der Waals surface area (Å²) in [6.07, 6.45) is 0. The number of carbonyl (C=O) groups is 2. The van der Waals surface area contributed by atoms with Crippen LogP contribution in [-0.2, 0) is 12.3 Å². The van der Waals surface area contributed by atoms with Gasteiger partial charge in [0.15, 0.2) is 11.6 Å². The van der Waals surface area contributed by atoms with Crippen LogP contribution in [0.25, 0.3) is 11.4 Å². The molecule has 0 radical (unpaired) electrons. The zero-order valence-electron chi connectivity index (χ0n) is 20.6. The summed E-state index contributed by atoms with van der Waals surface area (Å²) in [6, 6.07) is 17.6. The molecule has 2 heterocycles. The maximum absolute atomic E-state index is 11.7. The van der Waals surface area contributed by atoms with Gasteiger partial charge >= 0.3 is 30.8 Å². The summed E-state index contributed by atoms with van der Waals surface area (Å²) in [5.41, 5.74) is 1.18. The predicted molar refractivity (Wildman–Crippen MR) is 146 cm³/mol. The molecule has 0 atom stereocenters. The quantitative estimate of drug-likeness (QED) is 0.193. The maximum atomic E-state index is 11.7. The van der Waals surface area contributed by atoms with Crippen molar-refractivity contribution in [3.8, 4) is 11.4 Å². The van der Waals surface area contributed by atoms with Gasteiger partial charge in [-0.3, -0.25) is 0 Å². The van der Waals surface area contributed by atoms with Crippen LogP contribution in [0.2, 0.25) is 0 Å². The number of aromatic carboxylic acids is 1. The molecular weight excluding hydrogens is 648 g/mol. The van der Waals surface area contributed by atoms with Gasteiger partial charge in [-0.2, -0.15) is 0 Å². The Morgan fingerprint density at radius 2 is 1.15 bits per heavy atom. The van der Waals surface area contributed by atoms with E-state index in [1.165, 1.54) is 9.36 Å². The van der Waals surface area contributed by atoms with Gasteiger partial charge in [0.2, 0.25) is 7.59 Å². The third kappa shape index (κ3) is 9.24. The second-order valence-corrected chi connectivity index (χ2v) is 11.6. The van der Waals surface area contributed by atoms with Crippen molar-refractivity contribution < 1.29 is 43.8 Å². The zero-order valence-corrected chi connectivity index (χ0v) is 25.1. The number of nitrogens with zero attached hydrogens (tertiary/aromatic N) is 6. The maximum Gasteiger partial charge on any atom is 1.00 e. The van der Waals surface area contributed by atoms with Crippen molar-refractivity contribution in [2.75, 3.05) is 6.61 Å². The van der Waals surface area contributed by atoms with Crippen molar-refractivity contribution in [2.45, 2.75) is 14.5 Å². The average molecular weight is 665 g/mol. The van der Waals surface area contributed by atoms with Gasteiger partial charge in [-0.05, 0) is 31.2 Å². The number of alkyl halides is 6. The minimum atomic E-state index is -1.86. The molecule has 18 heteroatoms. The Morgan fingerprint density at radius 3 is 1.50 bits per heavy atom. The van der Waals surface area contributed by atoms with Gasteiger partial charge in [0.25, 0.3) is 11.6 Å². The smallest absolute Gasteiger partial charge is 0.870 e. The number of aromatic nitrogens is 6. The molecule has 0 spiro atoms. The van der Waals surface area contributed by atoms with Crippen LogP contribution in [0.1, 0.15) is 39.8 Å². The van der Waals surface area contributed by atoms with Crippen molar-refractivity contribution in [1.29, 1.82) is 0 Å². The topological polar surface area (TPSA) is 155 Å². The Kier molecular flexibility index (Phi) is 13.7. The number of benzene rings is 2. The molecule has 0 saturated carbocycles. The van der Waals surface area contributed by atoms with E-state index in [0.717, 1.165) is 0 Å². The van der Waals surface area contributed by atoms with Crippen LogP contribution in [-0.4, -0.2) is 58.7 Å². The fourth-order valence-corrected chi connectivity index (χ4v) is 3.60. The molecule has 208 valence electrons. The average Bonchev–Trinajstić information content (AvgIpc) is 3.52. The molecule has 0 fully saturated rings.